The minimum Gasteiger partial charge on any atom is -0.452 e. The van der Waals surface area contributed by atoms with Crippen molar-refractivity contribution in [1.29, 1.82) is 0 Å². The van der Waals surface area contributed by atoms with E-state index in [0.29, 0.717) is 5.69 Å². The maximum Gasteiger partial charge on any atom is 0.340 e. The Kier molecular flexibility index (Phi) is 5.93. The summed E-state index contributed by atoms with van der Waals surface area (Å²) in [7, 11) is 0. The van der Waals surface area contributed by atoms with Crippen LogP contribution in [-0.2, 0) is 16.0 Å². The monoisotopic (exact) mass is 349 g/mol. The van der Waals surface area contributed by atoms with Crippen LogP contribution in [0.15, 0.2) is 36.4 Å². The highest BCUT2D eigenvalue weighted by atomic mass is 35.5. The minimum atomic E-state index is -0.852. The zero-order valence-corrected chi connectivity index (χ0v) is 14.1. The van der Waals surface area contributed by atoms with Gasteiger partial charge in [-0.3, -0.25) is 4.79 Å². The summed E-state index contributed by atoms with van der Waals surface area (Å²) in [5.41, 5.74) is 2.50. The Morgan fingerprint density at radius 2 is 2.00 bits per heavy atom. The summed E-state index contributed by atoms with van der Waals surface area (Å²) in [6.07, 6.45) is 0.760. The van der Waals surface area contributed by atoms with E-state index < -0.39 is 24.3 Å². The highest BCUT2D eigenvalue weighted by Crippen LogP contribution is 2.21. The highest BCUT2D eigenvalue weighted by molar-refractivity contribution is 6.33. The fourth-order valence-electron chi connectivity index (χ4n) is 2.24. The smallest absolute Gasteiger partial charge is 0.340 e. The van der Waals surface area contributed by atoms with Crippen LogP contribution >= 0.6 is 11.6 Å². The summed E-state index contributed by atoms with van der Waals surface area (Å²) >= 11 is 5.83. The lowest BCUT2D eigenvalue weighted by Crippen LogP contribution is -2.22. The number of rotatable bonds is 5. The van der Waals surface area contributed by atoms with E-state index in [1.807, 2.05) is 32.0 Å². The molecule has 0 radical (unpaired) electrons. The van der Waals surface area contributed by atoms with Crippen LogP contribution in [0.25, 0.3) is 0 Å². The lowest BCUT2D eigenvalue weighted by molar-refractivity contribution is -0.119. The number of hydrogen-bond acceptors (Lipinski definition) is 3. The fraction of sp³-hybridized carbons (Fsp3) is 0.222. The van der Waals surface area contributed by atoms with Gasteiger partial charge in [-0.15, -0.1) is 0 Å². The standard InChI is InChI=1S/C18H17ClFNO3/c1-3-12-6-4-5-11(2)17(12)21-16(22)10-24-18(23)14-9-13(20)7-8-15(14)19/h4-9H,3,10H2,1-2H3,(H,21,22). The zero-order valence-electron chi connectivity index (χ0n) is 13.4. The molecule has 0 saturated carbocycles. The van der Waals surface area contributed by atoms with Gasteiger partial charge < -0.3 is 10.1 Å². The summed E-state index contributed by atoms with van der Waals surface area (Å²) in [4.78, 5) is 23.9. The van der Waals surface area contributed by atoms with E-state index in [0.717, 1.165) is 29.7 Å². The highest BCUT2D eigenvalue weighted by Gasteiger charge is 2.15. The second-order valence-electron chi connectivity index (χ2n) is 5.21. The molecule has 0 fully saturated rings. The molecule has 2 aromatic carbocycles. The number of carbonyl (C=O) groups excluding carboxylic acids is 2. The molecule has 1 amide bonds. The van der Waals surface area contributed by atoms with Crippen molar-refractivity contribution in [3.8, 4) is 0 Å². The third kappa shape index (κ3) is 4.32. The molecule has 24 heavy (non-hydrogen) atoms. The Balaban J connectivity index is 2.01. The molecule has 0 atom stereocenters. The molecule has 4 nitrogen and oxygen atoms in total. The SMILES string of the molecule is CCc1cccc(C)c1NC(=O)COC(=O)c1cc(F)ccc1Cl. The van der Waals surface area contributed by atoms with Crippen molar-refractivity contribution in [2.75, 3.05) is 11.9 Å². The van der Waals surface area contributed by atoms with E-state index in [1.54, 1.807) is 0 Å². The van der Waals surface area contributed by atoms with Gasteiger partial charge in [-0.1, -0.05) is 36.7 Å². The summed E-state index contributed by atoms with van der Waals surface area (Å²) in [6, 6.07) is 9.08. The third-order valence-corrected chi connectivity index (χ3v) is 3.82. The summed E-state index contributed by atoms with van der Waals surface area (Å²) in [5, 5.41) is 2.80. The molecular weight excluding hydrogens is 333 g/mol. The van der Waals surface area contributed by atoms with Gasteiger partial charge in [0, 0.05) is 5.69 Å². The normalized spacial score (nSPS) is 10.3. The van der Waals surface area contributed by atoms with Gasteiger partial charge in [0.05, 0.1) is 10.6 Å². The van der Waals surface area contributed by atoms with Crippen molar-refractivity contribution < 1.29 is 18.7 Å². The first kappa shape index (κ1) is 17.9. The minimum absolute atomic E-state index is 0.0639. The number of esters is 1. The van der Waals surface area contributed by atoms with Crippen molar-refractivity contribution in [3.05, 3.63) is 63.9 Å². The topological polar surface area (TPSA) is 55.4 Å². The molecule has 0 saturated heterocycles. The number of anilines is 1. The summed E-state index contributed by atoms with van der Waals surface area (Å²) in [5.74, 6) is -1.93. The molecule has 2 aromatic rings. The number of para-hydroxylation sites is 1. The second kappa shape index (κ2) is 7.93. The first-order valence-corrected chi connectivity index (χ1v) is 7.80. The van der Waals surface area contributed by atoms with Crippen LogP contribution in [0.1, 0.15) is 28.4 Å². The fourth-order valence-corrected chi connectivity index (χ4v) is 2.43. The lowest BCUT2D eigenvalue weighted by atomic mass is 10.1. The number of aryl methyl sites for hydroxylation is 2. The van der Waals surface area contributed by atoms with Crippen LogP contribution in [0.2, 0.25) is 5.02 Å². The molecule has 1 N–H and O–H groups in total. The molecule has 0 aliphatic heterocycles. The van der Waals surface area contributed by atoms with Crippen LogP contribution in [-0.4, -0.2) is 18.5 Å². The van der Waals surface area contributed by atoms with Crippen LogP contribution < -0.4 is 5.32 Å². The number of amides is 1. The zero-order chi connectivity index (χ0) is 17.7. The van der Waals surface area contributed by atoms with E-state index >= 15 is 0 Å². The molecule has 126 valence electrons. The number of halogens is 2. The van der Waals surface area contributed by atoms with Crippen molar-refractivity contribution in [2.24, 2.45) is 0 Å². The van der Waals surface area contributed by atoms with Gasteiger partial charge in [0.2, 0.25) is 0 Å². The Labute approximate surface area is 144 Å². The molecule has 0 aliphatic rings. The Morgan fingerprint density at radius 3 is 2.71 bits per heavy atom. The van der Waals surface area contributed by atoms with E-state index in [4.69, 9.17) is 16.3 Å². The molecule has 0 spiro atoms. The van der Waals surface area contributed by atoms with Gasteiger partial charge in [0.15, 0.2) is 6.61 Å². The van der Waals surface area contributed by atoms with Gasteiger partial charge in [0.25, 0.3) is 5.91 Å². The second-order valence-corrected chi connectivity index (χ2v) is 5.62. The summed E-state index contributed by atoms with van der Waals surface area (Å²) < 4.78 is 18.1. The predicted molar refractivity (Wildman–Crippen MR) is 90.9 cm³/mol. The van der Waals surface area contributed by atoms with Gasteiger partial charge >= 0.3 is 5.97 Å². The van der Waals surface area contributed by atoms with Gasteiger partial charge in [-0.25, -0.2) is 9.18 Å². The number of ether oxygens (including phenoxy) is 1. The third-order valence-electron chi connectivity index (χ3n) is 3.49. The average molecular weight is 350 g/mol. The van der Waals surface area contributed by atoms with Crippen molar-refractivity contribution in [2.45, 2.75) is 20.3 Å². The van der Waals surface area contributed by atoms with Crippen LogP contribution in [0.4, 0.5) is 10.1 Å². The van der Waals surface area contributed by atoms with Crippen LogP contribution in [0.3, 0.4) is 0 Å². The molecule has 6 heteroatoms. The van der Waals surface area contributed by atoms with Gasteiger partial charge in [0.1, 0.15) is 5.82 Å². The van der Waals surface area contributed by atoms with Crippen molar-refractivity contribution in [1.82, 2.24) is 0 Å². The number of benzene rings is 2. The van der Waals surface area contributed by atoms with Crippen molar-refractivity contribution >= 4 is 29.2 Å². The molecular formula is C18H17ClFNO3. The Hall–Kier alpha value is -2.40. The first-order valence-electron chi connectivity index (χ1n) is 7.43. The van der Waals surface area contributed by atoms with E-state index in [9.17, 15) is 14.0 Å². The van der Waals surface area contributed by atoms with Gasteiger partial charge in [-0.2, -0.15) is 0 Å². The average Bonchev–Trinajstić information content (AvgIpc) is 2.56. The summed E-state index contributed by atoms with van der Waals surface area (Å²) in [6.45, 7) is 3.38. The van der Waals surface area contributed by atoms with E-state index in [2.05, 4.69) is 5.32 Å². The molecule has 0 aliphatic carbocycles. The molecule has 0 heterocycles. The molecule has 0 bridgehead atoms. The van der Waals surface area contributed by atoms with Crippen molar-refractivity contribution in [3.63, 3.8) is 0 Å². The number of hydrogen-bond donors (Lipinski definition) is 1. The Bertz CT molecular complexity index is 777. The maximum atomic E-state index is 13.2. The largest absolute Gasteiger partial charge is 0.452 e. The van der Waals surface area contributed by atoms with Crippen LogP contribution in [0.5, 0.6) is 0 Å². The van der Waals surface area contributed by atoms with Crippen LogP contribution in [0, 0.1) is 12.7 Å². The Morgan fingerprint density at radius 1 is 1.25 bits per heavy atom. The number of nitrogens with one attached hydrogen (secondary N) is 1. The first-order chi connectivity index (χ1) is 11.4. The van der Waals surface area contributed by atoms with E-state index in [-0.39, 0.29) is 10.6 Å². The van der Waals surface area contributed by atoms with E-state index in [1.165, 1.54) is 6.07 Å². The molecule has 2 rings (SSSR count). The maximum absolute atomic E-state index is 13.2. The lowest BCUT2D eigenvalue weighted by Gasteiger charge is -2.13. The van der Waals surface area contributed by atoms with Gasteiger partial charge in [-0.05, 0) is 42.7 Å². The number of carbonyl (C=O) groups is 2. The molecule has 0 aromatic heterocycles. The predicted octanol–water partition coefficient (Wildman–Crippen LogP) is 4.15. The quantitative estimate of drug-likeness (QED) is 0.825. The molecule has 0 unspecified atom stereocenters.